The summed E-state index contributed by atoms with van der Waals surface area (Å²) >= 11 is 0. The van der Waals surface area contributed by atoms with Crippen LogP contribution in [0.2, 0.25) is 0 Å². The van der Waals surface area contributed by atoms with Gasteiger partial charge >= 0.3 is 0 Å². The maximum atomic E-state index is 9.51. The van der Waals surface area contributed by atoms with E-state index in [2.05, 4.69) is 0 Å². The Morgan fingerprint density at radius 1 is 0.944 bits per heavy atom. The van der Waals surface area contributed by atoms with Crippen LogP contribution in [0, 0.1) is 0 Å². The molecule has 18 heavy (non-hydrogen) atoms. The highest BCUT2D eigenvalue weighted by atomic mass is 16.3. The van der Waals surface area contributed by atoms with Crippen LogP contribution in [0.4, 0.5) is 0 Å². The third-order valence-electron chi connectivity index (χ3n) is 2.97. The Labute approximate surface area is 107 Å². The molecule has 3 nitrogen and oxygen atoms in total. The lowest BCUT2D eigenvalue weighted by Crippen LogP contribution is -2.36. The highest BCUT2D eigenvalue weighted by molar-refractivity contribution is 5.20. The molecule has 94 valence electrons. The van der Waals surface area contributed by atoms with Crippen molar-refractivity contribution >= 4 is 0 Å². The normalized spacial score (nSPS) is 12.6. The maximum Gasteiger partial charge on any atom is 0.0725 e. The van der Waals surface area contributed by atoms with Gasteiger partial charge in [-0.2, -0.15) is 0 Å². The van der Waals surface area contributed by atoms with Crippen LogP contribution in [0.15, 0.2) is 60.7 Å². The molecule has 0 aliphatic rings. The zero-order chi connectivity index (χ0) is 12.8. The lowest BCUT2D eigenvalue weighted by atomic mass is 10.1. The first-order chi connectivity index (χ1) is 8.81. The van der Waals surface area contributed by atoms with E-state index in [9.17, 15) is 5.11 Å². The molecule has 0 saturated heterocycles. The molecule has 0 spiro atoms. The standard InChI is InChI=1S/C15H18N2O/c16-17(11-13-7-3-1-4-8-13)15(12-18)14-9-5-2-6-10-14/h1-10,15,18H,11-12,16H2/t15-/m0/s1. The van der Waals surface area contributed by atoms with Crippen molar-refractivity contribution in [1.82, 2.24) is 5.01 Å². The van der Waals surface area contributed by atoms with E-state index in [1.807, 2.05) is 60.7 Å². The van der Waals surface area contributed by atoms with Gasteiger partial charge in [-0.05, 0) is 11.1 Å². The predicted molar refractivity (Wildman–Crippen MR) is 72.4 cm³/mol. The summed E-state index contributed by atoms with van der Waals surface area (Å²) in [5.41, 5.74) is 2.16. The minimum absolute atomic E-state index is 0.00729. The highest BCUT2D eigenvalue weighted by Crippen LogP contribution is 2.18. The Bertz CT molecular complexity index is 458. The largest absolute Gasteiger partial charge is 0.394 e. The van der Waals surface area contributed by atoms with Gasteiger partial charge in [-0.15, -0.1) is 0 Å². The molecule has 2 rings (SSSR count). The molecular formula is C15H18N2O. The van der Waals surface area contributed by atoms with Crippen molar-refractivity contribution in [3.8, 4) is 0 Å². The zero-order valence-electron chi connectivity index (χ0n) is 10.2. The SMILES string of the molecule is NN(Cc1ccccc1)[C@@H](CO)c1ccccc1. The number of hydrogen-bond acceptors (Lipinski definition) is 3. The summed E-state index contributed by atoms with van der Waals surface area (Å²) in [7, 11) is 0. The summed E-state index contributed by atoms with van der Waals surface area (Å²) in [6.45, 7) is 0.619. The molecule has 0 aliphatic carbocycles. The van der Waals surface area contributed by atoms with Gasteiger partial charge in [-0.25, -0.2) is 5.01 Å². The minimum Gasteiger partial charge on any atom is -0.394 e. The summed E-state index contributed by atoms with van der Waals surface area (Å²) in [4.78, 5) is 0. The van der Waals surface area contributed by atoms with Crippen molar-refractivity contribution in [1.29, 1.82) is 0 Å². The average molecular weight is 242 g/mol. The van der Waals surface area contributed by atoms with Crippen LogP contribution in [-0.2, 0) is 6.54 Å². The second kappa shape index (κ2) is 6.31. The molecule has 2 aromatic rings. The molecule has 0 unspecified atom stereocenters. The van der Waals surface area contributed by atoms with Crippen LogP contribution < -0.4 is 5.84 Å². The number of benzene rings is 2. The fraction of sp³-hybridized carbons (Fsp3) is 0.200. The first-order valence-electron chi connectivity index (χ1n) is 6.02. The van der Waals surface area contributed by atoms with Crippen molar-refractivity contribution in [2.45, 2.75) is 12.6 Å². The Balaban J connectivity index is 2.09. The second-order valence-corrected chi connectivity index (χ2v) is 4.27. The number of rotatable bonds is 5. The first kappa shape index (κ1) is 12.8. The molecule has 0 bridgehead atoms. The summed E-state index contributed by atoms with van der Waals surface area (Å²) in [5.74, 6) is 6.07. The molecular weight excluding hydrogens is 224 g/mol. The fourth-order valence-electron chi connectivity index (χ4n) is 1.98. The molecule has 3 N–H and O–H groups in total. The number of hydrazine groups is 1. The quantitative estimate of drug-likeness (QED) is 0.623. The van der Waals surface area contributed by atoms with Crippen LogP contribution in [0.5, 0.6) is 0 Å². The number of nitrogens with zero attached hydrogens (tertiary/aromatic N) is 1. The van der Waals surface area contributed by atoms with Gasteiger partial charge in [0.1, 0.15) is 0 Å². The summed E-state index contributed by atoms with van der Waals surface area (Å²) in [6.07, 6.45) is 0. The average Bonchev–Trinajstić information content (AvgIpc) is 2.42. The Morgan fingerprint density at radius 3 is 2.06 bits per heavy atom. The molecule has 0 heterocycles. The zero-order valence-corrected chi connectivity index (χ0v) is 10.2. The molecule has 1 atom stereocenters. The summed E-state index contributed by atoms with van der Waals surface area (Å²) in [6, 6.07) is 19.6. The van der Waals surface area contributed by atoms with Gasteiger partial charge in [0.25, 0.3) is 0 Å². The Hall–Kier alpha value is -1.68. The minimum atomic E-state index is -0.175. The van der Waals surface area contributed by atoms with E-state index in [4.69, 9.17) is 5.84 Å². The predicted octanol–water partition coefficient (Wildman–Crippen LogP) is 2.10. The summed E-state index contributed by atoms with van der Waals surface area (Å²) < 4.78 is 0. The summed E-state index contributed by atoms with van der Waals surface area (Å²) in [5, 5.41) is 11.2. The Morgan fingerprint density at radius 2 is 1.50 bits per heavy atom. The van der Waals surface area contributed by atoms with Crippen molar-refractivity contribution < 1.29 is 5.11 Å². The van der Waals surface area contributed by atoms with Gasteiger partial charge in [0.2, 0.25) is 0 Å². The van der Waals surface area contributed by atoms with E-state index < -0.39 is 0 Å². The van der Waals surface area contributed by atoms with Crippen LogP contribution in [-0.4, -0.2) is 16.7 Å². The molecule has 0 aliphatic heterocycles. The van der Waals surface area contributed by atoms with E-state index in [0.717, 1.165) is 11.1 Å². The lowest BCUT2D eigenvalue weighted by Gasteiger charge is -2.26. The van der Waals surface area contributed by atoms with Gasteiger partial charge in [0, 0.05) is 6.54 Å². The van der Waals surface area contributed by atoms with Gasteiger partial charge in [0.05, 0.1) is 12.6 Å². The first-order valence-corrected chi connectivity index (χ1v) is 6.02. The molecule has 3 heteroatoms. The fourth-order valence-corrected chi connectivity index (χ4v) is 1.98. The van der Waals surface area contributed by atoms with E-state index >= 15 is 0 Å². The molecule has 2 aromatic carbocycles. The number of hydrogen-bond donors (Lipinski definition) is 2. The number of aliphatic hydroxyl groups is 1. The highest BCUT2D eigenvalue weighted by Gasteiger charge is 2.16. The monoisotopic (exact) mass is 242 g/mol. The Kier molecular flexibility index (Phi) is 4.47. The van der Waals surface area contributed by atoms with Crippen molar-refractivity contribution in [3.05, 3.63) is 71.8 Å². The maximum absolute atomic E-state index is 9.51. The van der Waals surface area contributed by atoms with Crippen LogP contribution in [0.25, 0.3) is 0 Å². The lowest BCUT2D eigenvalue weighted by molar-refractivity contribution is 0.118. The van der Waals surface area contributed by atoms with E-state index in [1.165, 1.54) is 0 Å². The number of aliphatic hydroxyl groups excluding tert-OH is 1. The van der Waals surface area contributed by atoms with Crippen molar-refractivity contribution in [2.24, 2.45) is 5.84 Å². The molecule has 0 radical (unpaired) electrons. The van der Waals surface area contributed by atoms with Gasteiger partial charge in [0.15, 0.2) is 0 Å². The molecule has 0 aromatic heterocycles. The smallest absolute Gasteiger partial charge is 0.0725 e. The van der Waals surface area contributed by atoms with Crippen molar-refractivity contribution in [2.75, 3.05) is 6.61 Å². The van der Waals surface area contributed by atoms with Crippen LogP contribution >= 0.6 is 0 Å². The molecule has 0 fully saturated rings. The van der Waals surface area contributed by atoms with Gasteiger partial charge in [-0.3, -0.25) is 5.84 Å². The van der Waals surface area contributed by atoms with Crippen LogP contribution in [0.1, 0.15) is 17.2 Å². The van der Waals surface area contributed by atoms with E-state index in [-0.39, 0.29) is 12.6 Å². The van der Waals surface area contributed by atoms with Gasteiger partial charge < -0.3 is 5.11 Å². The molecule has 0 saturated carbocycles. The van der Waals surface area contributed by atoms with E-state index in [1.54, 1.807) is 5.01 Å². The van der Waals surface area contributed by atoms with Crippen molar-refractivity contribution in [3.63, 3.8) is 0 Å². The molecule has 0 amide bonds. The third kappa shape index (κ3) is 3.17. The van der Waals surface area contributed by atoms with Gasteiger partial charge in [-0.1, -0.05) is 60.7 Å². The number of nitrogens with two attached hydrogens (primary N) is 1. The van der Waals surface area contributed by atoms with E-state index in [0.29, 0.717) is 6.54 Å². The topological polar surface area (TPSA) is 49.5 Å². The van der Waals surface area contributed by atoms with Crippen LogP contribution in [0.3, 0.4) is 0 Å². The third-order valence-corrected chi connectivity index (χ3v) is 2.97. The second-order valence-electron chi connectivity index (χ2n) is 4.27.